The molecule has 3 aromatic carbocycles. The van der Waals surface area contributed by atoms with Gasteiger partial charge in [-0.25, -0.2) is 0 Å². The molecule has 166 valence electrons. The Hall–Kier alpha value is -3.31. The quantitative estimate of drug-likeness (QED) is 0.443. The van der Waals surface area contributed by atoms with Gasteiger partial charge in [0, 0.05) is 55.9 Å². The Bertz CT molecular complexity index is 991. The van der Waals surface area contributed by atoms with E-state index in [0.29, 0.717) is 6.42 Å². The predicted octanol–water partition coefficient (Wildman–Crippen LogP) is 3.83. The lowest BCUT2D eigenvalue weighted by atomic mass is 9.84. The fraction of sp³-hybridized carbons (Fsp3) is 0.296. The van der Waals surface area contributed by atoms with Gasteiger partial charge in [0.2, 0.25) is 5.91 Å². The number of hydrogen-bond acceptors (Lipinski definition) is 4. The zero-order chi connectivity index (χ0) is 22.5. The second-order valence-corrected chi connectivity index (χ2v) is 8.65. The Balaban J connectivity index is 1.60. The number of amides is 1. The van der Waals surface area contributed by atoms with Crippen LogP contribution in [0.2, 0.25) is 0 Å². The molecule has 1 amide bonds. The molecule has 1 saturated heterocycles. The zero-order valence-corrected chi connectivity index (χ0v) is 18.7. The largest absolute Gasteiger partial charge is 0.399 e. The topological polar surface area (TPSA) is 75.6 Å². The summed E-state index contributed by atoms with van der Waals surface area (Å²) in [7, 11) is 0. The van der Waals surface area contributed by atoms with Gasteiger partial charge in [-0.2, -0.15) is 0 Å². The summed E-state index contributed by atoms with van der Waals surface area (Å²) in [4.78, 5) is 16.0. The van der Waals surface area contributed by atoms with Crippen molar-refractivity contribution in [1.82, 2.24) is 4.90 Å². The van der Waals surface area contributed by atoms with E-state index < -0.39 is 0 Å². The average molecular weight is 429 g/mol. The van der Waals surface area contributed by atoms with Crippen LogP contribution in [-0.2, 0) is 4.79 Å². The van der Waals surface area contributed by atoms with Crippen LogP contribution in [0.4, 0.5) is 11.4 Å². The standard InChI is InChI=1S/C27H32N4O/c1-20(16-26(29)32)30-12-14-31(15-13-30)25-18-23(17-24(28)19-25)27(21-8-4-2-5-9-21)22-10-6-3-7-11-22/h2-11,17-20,27H,12-16,28H2,1H3,(H2,29,32). The minimum absolute atomic E-state index is 0.122. The molecule has 5 nitrogen and oxygen atoms in total. The van der Waals surface area contributed by atoms with E-state index in [-0.39, 0.29) is 17.9 Å². The van der Waals surface area contributed by atoms with Gasteiger partial charge in [0.15, 0.2) is 0 Å². The molecule has 0 spiro atoms. The van der Waals surface area contributed by atoms with Crippen LogP contribution < -0.4 is 16.4 Å². The molecule has 0 aromatic heterocycles. The third kappa shape index (κ3) is 5.11. The van der Waals surface area contributed by atoms with Crippen LogP contribution in [0.3, 0.4) is 0 Å². The van der Waals surface area contributed by atoms with Crippen LogP contribution in [-0.4, -0.2) is 43.0 Å². The third-order valence-electron chi connectivity index (χ3n) is 6.36. The van der Waals surface area contributed by atoms with Crippen molar-refractivity contribution in [3.8, 4) is 0 Å². The minimum Gasteiger partial charge on any atom is -0.399 e. The summed E-state index contributed by atoms with van der Waals surface area (Å²) in [5, 5.41) is 0. The van der Waals surface area contributed by atoms with Crippen molar-refractivity contribution in [1.29, 1.82) is 0 Å². The van der Waals surface area contributed by atoms with Gasteiger partial charge in [0.05, 0.1) is 0 Å². The molecule has 0 saturated carbocycles. The number of carbonyl (C=O) groups is 1. The van der Waals surface area contributed by atoms with Crippen LogP contribution in [0.25, 0.3) is 0 Å². The third-order valence-corrected chi connectivity index (χ3v) is 6.36. The molecule has 4 rings (SSSR count). The van der Waals surface area contributed by atoms with Gasteiger partial charge in [-0.1, -0.05) is 60.7 Å². The lowest BCUT2D eigenvalue weighted by Crippen LogP contribution is -2.50. The molecule has 3 aromatic rings. The molecule has 32 heavy (non-hydrogen) atoms. The van der Waals surface area contributed by atoms with E-state index in [1.54, 1.807) is 0 Å². The number of piperazine rings is 1. The van der Waals surface area contributed by atoms with E-state index in [4.69, 9.17) is 11.5 Å². The van der Waals surface area contributed by atoms with Gasteiger partial charge in [0.25, 0.3) is 0 Å². The van der Waals surface area contributed by atoms with Gasteiger partial charge in [0.1, 0.15) is 0 Å². The molecule has 0 radical (unpaired) electrons. The van der Waals surface area contributed by atoms with E-state index in [2.05, 4.69) is 95.6 Å². The van der Waals surface area contributed by atoms with Crippen molar-refractivity contribution in [3.05, 3.63) is 95.6 Å². The molecule has 1 unspecified atom stereocenters. The number of hydrogen-bond donors (Lipinski definition) is 2. The molecule has 1 fully saturated rings. The molecule has 1 aliphatic heterocycles. The normalized spacial score (nSPS) is 15.6. The number of nitrogens with two attached hydrogens (primary N) is 2. The number of rotatable bonds is 7. The Kier molecular flexibility index (Phi) is 6.76. The highest BCUT2D eigenvalue weighted by Gasteiger charge is 2.24. The average Bonchev–Trinajstić information content (AvgIpc) is 2.80. The summed E-state index contributed by atoms with van der Waals surface area (Å²) in [5.74, 6) is -0.121. The summed E-state index contributed by atoms with van der Waals surface area (Å²) in [6.07, 6.45) is 0.401. The van der Waals surface area contributed by atoms with Crippen LogP contribution in [0.15, 0.2) is 78.9 Å². The van der Waals surface area contributed by atoms with Gasteiger partial charge < -0.3 is 16.4 Å². The van der Waals surface area contributed by atoms with Crippen molar-refractivity contribution in [2.24, 2.45) is 5.73 Å². The number of primary amides is 1. The summed E-state index contributed by atoms with van der Waals surface area (Å²) < 4.78 is 0. The molecule has 1 atom stereocenters. The lowest BCUT2D eigenvalue weighted by Gasteiger charge is -2.39. The lowest BCUT2D eigenvalue weighted by molar-refractivity contribution is -0.119. The molecule has 0 aliphatic carbocycles. The van der Waals surface area contributed by atoms with E-state index in [1.165, 1.54) is 16.7 Å². The maximum absolute atomic E-state index is 11.3. The highest BCUT2D eigenvalue weighted by molar-refractivity contribution is 5.74. The zero-order valence-electron chi connectivity index (χ0n) is 18.7. The van der Waals surface area contributed by atoms with E-state index in [9.17, 15) is 4.79 Å². The summed E-state index contributed by atoms with van der Waals surface area (Å²) in [5.41, 5.74) is 17.4. The first-order chi connectivity index (χ1) is 15.5. The smallest absolute Gasteiger partial charge is 0.218 e. The van der Waals surface area contributed by atoms with Crippen molar-refractivity contribution < 1.29 is 4.79 Å². The van der Waals surface area contributed by atoms with Gasteiger partial charge in [-0.05, 0) is 41.8 Å². The highest BCUT2D eigenvalue weighted by atomic mass is 16.1. The number of nitrogens with zero attached hydrogens (tertiary/aromatic N) is 2. The molecular formula is C27H32N4O. The Morgan fingerprint density at radius 2 is 1.41 bits per heavy atom. The van der Waals surface area contributed by atoms with Gasteiger partial charge in [-0.15, -0.1) is 0 Å². The summed E-state index contributed by atoms with van der Waals surface area (Å²) >= 11 is 0. The van der Waals surface area contributed by atoms with E-state index in [0.717, 1.165) is 37.6 Å². The van der Waals surface area contributed by atoms with Crippen molar-refractivity contribution in [2.45, 2.75) is 25.3 Å². The van der Waals surface area contributed by atoms with Crippen molar-refractivity contribution >= 4 is 17.3 Å². The highest BCUT2D eigenvalue weighted by Crippen LogP contribution is 2.35. The molecule has 1 heterocycles. The fourth-order valence-electron chi connectivity index (χ4n) is 4.72. The minimum atomic E-state index is -0.242. The Morgan fingerprint density at radius 3 is 1.94 bits per heavy atom. The molecule has 0 bridgehead atoms. The van der Waals surface area contributed by atoms with Gasteiger partial charge >= 0.3 is 0 Å². The first kappa shape index (κ1) is 21.9. The van der Waals surface area contributed by atoms with E-state index in [1.807, 2.05) is 0 Å². The Morgan fingerprint density at radius 1 is 0.844 bits per heavy atom. The first-order valence-corrected chi connectivity index (χ1v) is 11.3. The molecule has 1 aliphatic rings. The SMILES string of the molecule is CC(CC(N)=O)N1CCN(c2cc(N)cc(C(c3ccccc3)c3ccccc3)c2)CC1. The Labute approximate surface area is 190 Å². The van der Waals surface area contributed by atoms with Crippen LogP contribution in [0, 0.1) is 0 Å². The number of carbonyl (C=O) groups excluding carboxylic acids is 1. The molecule has 5 heteroatoms. The van der Waals surface area contributed by atoms with Crippen LogP contribution >= 0.6 is 0 Å². The van der Waals surface area contributed by atoms with Gasteiger partial charge in [-0.3, -0.25) is 9.69 Å². The molecular weight excluding hydrogens is 396 g/mol. The molecule has 4 N–H and O–H groups in total. The predicted molar refractivity (Wildman–Crippen MR) is 132 cm³/mol. The number of nitrogen functional groups attached to an aromatic ring is 1. The first-order valence-electron chi connectivity index (χ1n) is 11.3. The fourth-order valence-corrected chi connectivity index (χ4v) is 4.72. The van der Waals surface area contributed by atoms with Crippen molar-refractivity contribution in [3.63, 3.8) is 0 Å². The number of benzene rings is 3. The van der Waals surface area contributed by atoms with Crippen molar-refractivity contribution in [2.75, 3.05) is 36.8 Å². The maximum atomic E-state index is 11.3. The summed E-state index contributed by atoms with van der Waals surface area (Å²) in [6.45, 7) is 5.67. The monoisotopic (exact) mass is 428 g/mol. The maximum Gasteiger partial charge on any atom is 0.218 e. The second kappa shape index (κ2) is 9.88. The van der Waals surface area contributed by atoms with Crippen LogP contribution in [0.1, 0.15) is 36.0 Å². The van der Waals surface area contributed by atoms with E-state index >= 15 is 0 Å². The second-order valence-electron chi connectivity index (χ2n) is 8.65. The van der Waals surface area contributed by atoms with Crippen LogP contribution in [0.5, 0.6) is 0 Å². The summed E-state index contributed by atoms with van der Waals surface area (Å²) in [6, 6.07) is 27.8. The number of anilines is 2.